The van der Waals surface area contributed by atoms with Crippen LogP contribution in [0.3, 0.4) is 0 Å². The van der Waals surface area contributed by atoms with Gasteiger partial charge in [0.2, 0.25) is 0 Å². The molecule has 0 bridgehead atoms. The number of carbonyl (C=O) groups is 1. The summed E-state index contributed by atoms with van der Waals surface area (Å²) in [5.74, 6) is 0.188. The molecule has 0 radical (unpaired) electrons. The van der Waals surface area contributed by atoms with Crippen LogP contribution >= 0.6 is 0 Å². The van der Waals surface area contributed by atoms with Gasteiger partial charge in [-0.1, -0.05) is 36.9 Å². The molecule has 0 saturated carbocycles. The summed E-state index contributed by atoms with van der Waals surface area (Å²) in [4.78, 5) is 11.8. The predicted molar refractivity (Wildman–Crippen MR) is 111 cm³/mol. The van der Waals surface area contributed by atoms with Crippen molar-refractivity contribution in [3.8, 4) is 11.8 Å². The second-order valence-electron chi connectivity index (χ2n) is 7.14. The van der Waals surface area contributed by atoms with E-state index in [0.717, 1.165) is 11.1 Å². The van der Waals surface area contributed by atoms with Gasteiger partial charge in [0.05, 0.1) is 11.6 Å². The van der Waals surface area contributed by atoms with Crippen LogP contribution in [0.25, 0.3) is 11.6 Å². The molecule has 1 atom stereocenters. The minimum absolute atomic E-state index is 0.346. The minimum atomic E-state index is -0.820. The van der Waals surface area contributed by atoms with Gasteiger partial charge in [0.1, 0.15) is 17.5 Å². The van der Waals surface area contributed by atoms with Gasteiger partial charge in [-0.25, -0.2) is 4.79 Å². The van der Waals surface area contributed by atoms with Crippen molar-refractivity contribution in [1.29, 1.82) is 5.26 Å². The third-order valence-corrected chi connectivity index (χ3v) is 4.39. The molecule has 28 heavy (non-hydrogen) atoms. The number of ether oxygens (including phenoxy) is 2. The number of carbonyl (C=O) groups excluding carboxylic acids is 1. The van der Waals surface area contributed by atoms with Gasteiger partial charge in [-0.05, 0) is 69.2 Å². The Kier molecular flexibility index (Phi) is 6.79. The Labute approximate surface area is 166 Å². The van der Waals surface area contributed by atoms with Crippen LogP contribution in [0.1, 0.15) is 38.8 Å². The summed E-state index contributed by atoms with van der Waals surface area (Å²) >= 11 is 0. The summed E-state index contributed by atoms with van der Waals surface area (Å²) in [5, 5.41) is 9.49. The molecule has 1 unspecified atom stereocenters. The van der Waals surface area contributed by atoms with Crippen LogP contribution < -0.4 is 4.74 Å². The highest BCUT2D eigenvalue weighted by Crippen LogP contribution is 2.25. The summed E-state index contributed by atoms with van der Waals surface area (Å²) < 4.78 is 11.4. The molecule has 0 aromatic heterocycles. The quantitative estimate of drug-likeness (QED) is 0.281. The normalized spacial score (nSPS) is 12.6. The van der Waals surface area contributed by atoms with Gasteiger partial charge < -0.3 is 9.47 Å². The number of nitriles is 1. The van der Waals surface area contributed by atoms with Gasteiger partial charge in [0.15, 0.2) is 0 Å². The third-order valence-electron chi connectivity index (χ3n) is 4.39. The molecule has 0 aliphatic rings. The largest absolute Gasteiger partial charge is 0.487 e. The summed E-state index contributed by atoms with van der Waals surface area (Å²) in [6, 6.07) is 19.2. The Balaban J connectivity index is 2.11. The topological polar surface area (TPSA) is 59.3 Å². The maximum atomic E-state index is 11.8. The summed E-state index contributed by atoms with van der Waals surface area (Å²) in [7, 11) is 0. The zero-order valence-corrected chi connectivity index (χ0v) is 16.7. The lowest BCUT2D eigenvalue weighted by atomic mass is 10.0. The van der Waals surface area contributed by atoms with Gasteiger partial charge in [-0.15, -0.1) is 0 Å². The molecule has 0 N–H and O–H groups in total. The summed E-state index contributed by atoms with van der Waals surface area (Å²) in [6.07, 6.45) is 1.47. The summed E-state index contributed by atoms with van der Waals surface area (Å²) in [6.45, 7) is 10.6. The molecular weight excluding hydrogens is 350 g/mol. The van der Waals surface area contributed by atoms with Gasteiger partial charge in [0, 0.05) is 5.57 Å². The zero-order valence-electron chi connectivity index (χ0n) is 16.7. The number of nitrogens with zero attached hydrogens (tertiary/aromatic N) is 1. The maximum absolute atomic E-state index is 11.8. The van der Waals surface area contributed by atoms with Crippen LogP contribution in [0, 0.1) is 11.3 Å². The number of allylic oxidation sites excluding steroid dienone is 1. The van der Waals surface area contributed by atoms with Crippen molar-refractivity contribution in [1.82, 2.24) is 0 Å². The molecule has 0 spiro atoms. The van der Waals surface area contributed by atoms with Gasteiger partial charge in [-0.2, -0.15) is 5.26 Å². The Morgan fingerprint density at radius 2 is 1.75 bits per heavy atom. The first kappa shape index (κ1) is 21.0. The highest BCUT2D eigenvalue weighted by molar-refractivity contribution is 5.89. The molecule has 0 saturated heterocycles. The van der Waals surface area contributed by atoms with Crippen molar-refractivity contribution in [3.05, 3.63) is 77.9 Å². The average molecular weight is 375 g/mol. The van der Waals surface area contributed by atoms with Gasteiger partial charge >= 0.3 is 5.97 Å². The Morgan fingerprint density at radius 3 is 2.29 bits per heavy atom. The van der Waals surface area contributed by atoms with E-state index in [1.165, 1.54) is 0 Å². The van der Waals surface area contributed by atoms with Crippen molar-refractivity contribution in [2.75, 3.05) is 0 Å². The van der Waals surface area contributed by atoms with E-state index < -0.39 is 11.6 Å². The molecule has 2 aromatic carbocycles. The highest BCUT2D eigenvalue weighted by atomic mass is 16.6. The van der Waals surface area contributed by atoms with E-state index in [2.05, 4.69) is 12.6 Å². The fourth-order valence-electron chi connectivity index (χ4n) is 2.36. The minimum Gasteiger partial charge on any atom is -0.487 e. The van der Waals surface area contributed by atoms with E-state index in [0.29, 0.717) is 16.9 Å². The monoisotopic (exact) mass is 375 g/mol. The number of hydrogen-bond donors (Lipinski definition) is 0. The lowest BCUT2D eigenvalue weighted by Crippen LogP contribution is -2.42. The van der Waals surface area contributed by atoms with Crippen LogP contribution in [0.4, 0.5) is 0 Å². The van der Waals surface area contributed by atoms with Gasteiger partial charge in [-0.3, -0.25) is 0 Å². The van der Waals surface area contributed by atoms with Crippen molar-refractivity contribution in [2.45, 2.75) is 39.4 Å². The molecule has 0 amide bonds. The number of esters is 1. The molecule has 0 heterocycles. The zero-order chi connectivity index (χ0) is 20.7. The molecule has 2 aromatic rings. The molecule has 0 aliphatic heterocycles. The molecule has 4 nitrogen and oxygen atoms in total. The molecule has 0 aliphatic carbocycles. The fraction of sp³-hybridized carbons (Fsp3) is 0.250. The molecule has 4 heteroatoms. The van der Waals surface area contributed by atoms with E-state index in [1.807, 2.05) is 55.5 Å². The van der Waals surface area contributed by atoms with E-state index in [9.17, 15) is 10.1 Å². The lowest BCUT2D eigenvalue weighted by Gasteiger charge is -2.31. The SMILES string of the molecule is C=C(C)C(=O)OC(C)(C)C(C)Oc1ccc(/C(C#N)=C/c2ccccc2)cc1. The molecule has 2 rings (SSSR count). The van der Waals surface area contributed by atoms with Crippen molar-refractivity contribution >= 4 is 17.6 Å². The average Bonchev–Trinajstić information content (AvgIpc) is 2.67. The van der Waals surface area contributed by atoms with Crippen molar-refractivity contribution in [2.24, 2.45) is 0 Å². The smallest absolute Gasteiger partial charge is 0.333 e. The highest BCUT2D eigenvalue weighted by Gasteiger charge is 2.32. The second kappa shape index (κ2) is 9.05. The summed E-state index contributed by atoms with van der Waals surface area (Å²) in [5.41, 5.74) is 1.87. The lowest BCUT2D eigenvalue weighted by molar-refractivity contribution is -0.159. The number of hydrogen-bond acceptors (Lipinski definition) is 4. The Morgan fingerprint density at radius 1 is 1.14 bits per heavy atom. The first-order chi connectivity index (χ1) is 13.2. The van der Waals surface area contributed by atoms with Crippen molar-refractivity contribution in [3.63, 3.8) is 0 Å². The first-order valence-corrected chi connectivity index (χ1v) is 9.05. The number of benzene rings is 2. The van der Waals surface area contributed by atoms with Crippen LogP contribution in [0.15, 0.2) is 66.7 Å². The van der Waals surface area contributed by atoms with E-state index >= 15 is 0 Å². The van der Waals surface area contributed by atoms with Crippen LogP contribution in [0.2, 0.25) is 0 Å². The van der Waals surface area contributed by atoms with Crippen LogP contribution in [-0.4, -0.2) is 17.7 Å². The van der Waals surface area contributed by atoms with Crippen LogP contribution in [0.5, 0.6) is 5.75 Å². The maximum Gasteiger partial charge on any atom is 0.333 e. The van der Waals surface area contributed by atoms with Crippen molar-refractivity contribution < 1.29 is 14.3 Å². The van der Waals surface area contributed by atoms with Crippen LogP contribution in [-0.2, 0) is 9.53 Å². The molecular formula is C24H25NO3. The Bertz CT molecular complexity index is 903. The standard InChI is InChI=1S/C24H25NO3/c1-17(2)23(26)28-24(4,5)18(3)27-22-13-11-20(12-14-22)21(16-25)15-19-9-7-6-8-10-19/h6-15,18H,1H2,2-5H3/b21-15+. The fourth-order valence-corrected chi connectivity index (χ4v) is 2.36. The first-order valence-electron chi connectivity index (χ1n) is 9.05. The third kappa shape index (κ3) is 5.59. The Hall–Kier alpha value is -3.32. The molecule has 0 fully saturated rings. The van der Waals surface area contributed by atoms with E-state index in [1.54, 1.807) is 32.9 Å². The predicted octanol–water partition coefficient (Wildman–Crippen LogP) is 5.42. The van der Waals surface area contributed by atoms with Gasteiger partial charge in [0.25, 0.3) is 0 Å². The van der Waals surface area contributed by atoms with E-state index in [-0.39, 0.29) is 6.10 Å². The number of rotatable bonds is 7. The molecule has 144 valence electrons. The second-order valence-corrected chi connectivity index (χ2v) is 7.14. The van der Waals surface area contributed by atoms with E-state index in [4.69, 9.17) is 9.47 Å².